The number of nitrogens with zero attached hydrogens (tertiary/aromatic N) is 2. The number of fused-ring (bicyclic) bond motifs is 1. The zero-order valence-corrected chi connectivity index (χ0v) is 19.2. The van der Waals surface area contributed by atoms with Gasteiger partial charge in [-0.15, -0.1) is 0 Å². The van der Waals surface area contributed by atoms with Gasteiger partial charge < -0.3 is 20.3 Å². The fourth-order valence-electron chi connectivity index (χ4n) is 4.18. The summed E-state index contributed by atoms with van der Waals surface area (Å²) in [6.45, 7) is 7.79. The molecule has 2 aromatic rings. The van der Waals surface area contributed by atoms with E-state index in [1.54, 1.807) is 6.92 Å². The third-order valence-electron chi connectivity index (χ3n) is 6.09. The first-order valence-electron chi connectivity index (χ1n) is 11.2. The Labute approximate surface area is 193 Å². The number of piperazine rings is 1. The minimum atomic E-state index is -0.257. The van der Waals surface area contributed by atoms with Crippen LogP contribution in [-0.2, 0) is 6.42 Å². The molecule has 8 heteroatoms. The molecule has 2 heterocycles. The third kappa shape index (κ3) is 5.64. The molecule has 0 atom stereocenters. The molecule has 2 N–H and O–H groups in total. The fraction of sp³-hybridized carbons (Fsp3) is 0.458. The van der Waals surface area contributed by atoms with E-state index in [9.17, 15) is 9.18 Å². The van der Waals surface area contributed by atoms with Crippen LogP contribution in [-0.4, -0.2) is 56.8 Å². The molecule has 0 spiro atoms. The standard InChI is InChI=1S/C24H30ClFN4O2/c1-17-14-23(20(25)16-21(17)26)30-11-9-29(10-12-30)8-2-3-13-32-19-5-4-18-6-7-27-24(31)28-22(18)15-19/h4-5,14-16H,2-3,6-13H2,1H3,(H2,27,28,31). The van der Waals surface area contributed by atoms with Crippen LogP contribution in [0, 0.1) is 12.7 Å². The summed E-state index contributed by atoms with van der Waals surface area (Å²) >= 11 is 6.26. The van der Waals surface area contributed by atoms with Crippen LogP contribution in [0.25, 0.3) is 0 Å². The van der Waals surface area contributed by atoms with E-state index in [0.717, 1.165) is 74.7 Å². The Morgan fingerprint density at radius 1 is 1.12 bits per heavy atom. The number of carbonyl (C=O) groups is 1. The SMILES string of the molecule is Cc1cc(N2CCN(CCCCOc3ccc4c(c3)NC(=O)NCC4)CC2)c(Cl)cc1F. The van der Waals surface area contributed by atoms with Gasteiger partial charge >= 0.3 is 6.03 Å². The molecule has 2 aromatic carbocycles. The van der Waals surface area contributed by atoms with Gasteiger partial charge in [0.2, 0.25) is 0 Å². The van der Waals surface area contributed by atoms with Gasteiger partial charge in [-0.05, 0) is 62.1 Å². The molecule has 0 aliphatic carbocycles. The molecule has 1 saturated heterocycles. The highest BCUT2D eigenvalue weighted by molar-refractivity contribution is 6.33. The Balaban J connectivity index is 1.17. The molecule has 172 valence electrons. The number of rotatable bonds is 7. The predicted octanol–water partition coefficient (Wildman–Crippen LogP) is 4.45. The van der Waals surface area contributed by atoms with Gasteiger partial charge in [0, 0.05) is 44.5 Å². The normalized spacial score (nSPS) is 16.7. The second-order valence-electron chi connectivity index (χ2n) is 8.39. The van der Waals surface area contributed by atoms with Crippen molar-refractivity contribution in [3.63, 3.8) is 0 Å². The minimum absolute atomic E-state index is 0.169. The van der Waals surface area contributed by atoms with Crippen molar-refractivity contribution in [3.8, 4) is 5.75 Å². The molecule has 4 rings (SSSR count). The van der Waals surface area contributed by atoms with Crippen LogP contribution in [0.4, 0.5) is 20.6 Å². The second kappa shape index (κ2) is 10.4. The van der Waals surface area contributed by atoms with Crippen LogP contribution >= 0.6 is 11.6 Å². The minimum Gasteiger partial charge on any atom is -0.494 e. The summed E-state index contributed by atoms with van der Waals surface area (Å²) in [5.74, 6) is 0.526. The van der Waals surface area contributed by atoms with Gasteiger partial charge in [-0.2, -0.15) is 0 Å². The molecule has 2 aliphatic heterocycles. The Bertz CT molecular complexity index is 963. The molecule has 2 amide bonds. The molecule has 32 heavy (non-hydrogen) atoms. The highest BCUT2D eigenvalue weighted by Gasteiger charge is 2.19. The summed E-state index contributed by atoms with van der Waals surface area (Å²) in [6.07, 6.45) is 2.84. The number of nitrogens with one attached hydrogen (secondary N) is 2. The van der Waals surface area contributed by atoms with E-state index in [1.807, 2.05) is 24.3 Å². The van der Waals surface area contributed by atoms with E-state index >= 15 is 0 Å². The number of hydrogen-bond donors (Lipinski definition) is 2. The van der Waals surface area contributed by atoms with Crippen molar-refractivity contribution in [1.29, 1.82) is 0 Å². The van der Waals surface area contributed by atoms with Crippen molar-refractivity contribution < 1.29 is 13.9 Å². The number of anilines is 2. The van der Waals surface area contributed by atoms with Crippen molar-refractivity contribution in [2.24, 2.45) is 0 Å². The van der Waals surface area contributed by atoms with Crippen molar-refractivity contribution in [2.75, 3.05) is 56.1 Å². The van der Waals surface area contributed by atoms with Gasteiger partial charge in [-0.25, -0.2) is 9.18 Å². The quantitative estimate of drug-likeness (QED) is 0.599. The lowest BCUT2D eigenvalue weighted by molar-refractivity contribution is 0.238. The van der Waals surface area contributed by atoms with Gasteiger partial charge in [0.1, 0.15) is 11.6 Å². The number of aryl methyl sites for hydroxylation is 1. The van der Waals surface area contributed by atoms with Crippen LogP contribution < -0.4 is 20.3 Å². The summed E-state index contributed by atoms with van der Waals surface area (Å²) in [6, 6.07) is 8.98. The first kappa shape index (κ1) is 22.7. The average Bonchev–Trinajstić information content (AvgIpc) is 2.96. The molecule has 0 saturated carbocycles. The molecular formula is C24H30ClFN4O2. The molecule has 0 unspecified atom stereocenters. The molecule has 2 aliphatic rings. The van der Waals surface area contributed by atoms with Crippen LogP contribution in [0.1, 0.15) is 24.0 Å². The van der Waals surface area contributed by atoms with Crippen molar-refractivity contribution >= 4 is 29.0 Å². The monoisotopic (exact) mass is 460 g/mol. The van der Waals surface area contributed by atoms with Crippen molar-refractivity contribution in [2.45, 2.75) is 26.2 Å². The van der Waals surface area contributed by atoms with Gasteiger partial charge in [0.15, 0.2) is 0 Å². The van der Waals surface area contributed by atoms with Gasteiger partial charge in [-0.1, -0.05) is 17.7 Å². The van der Waals surface area contributed by atoms with Gasteiger partial charge in [0.25, 0.3) is 0 Å². The van der Waals surface area contributed by atoms with Crippen LogP contribution in [0.5, 0.6) is 5.75 Å². The van der Waals surface area contributed by atoms with Gasteiger partial charge in [0.05, 0.1) is 17.3 Å². The Morgan fingerprint density at radius 3 is 2.75 bits per heavy atom. The third-order valence-corrected chi connectivity index (χ3v) is 6.39. The van der Waals surface area contributed by atoms with Crippen LogP contribution in [0.3, 0.4) is 0 Å². The lowest BCUT2D eigenvalue weighted by Gasteiger charge is -2.36. The van der Waals surface area contributed by atoms with Crippen LogP contribution in [0.2, 0.25) is 5.02 Å². The Morgan fingerprint density at radius 2 is 1.94 bits per heavy atom. The number of ether oxygens (including phenoxy) is 1. The number of amides is 2. The topological polar surface area (TPSA) is 56.8 Å². The molecule has 0 aromatic heterocycles. The summed E-state index contributed by atoms with van der Waals surface area (Å²) in [5, 5.41) is 6.14. The first-order valence-corrected chi connectivity index (χ1v) is 11.6. The maximum absolute atomic E-state index is 13.7. The number of unbranched alkanes of at least 4 members (excludes halogenated alkanes) is 1. The molecule has 6 nitrogen and oxygen atoms in total. The number of urea groups is 1. The summed E-state index contributed by atoms with van der Waals surface area (Å²) in [4.78, 5) is 16.3. The molecule has 0 radical (unpaired) electrons. The van der Waals surface area contributed by atoms with Crippen LogP contribution in [0.15, 0.2) is 30.3 Å². The maximum atomic E-state index is 13.7. The summed E-state index contributed by atoms with van der Waals surface area (Å²) < 4.78 is 19.6. The Kier molecular flexibility index (Phi) is 7.37. The van der Waals surface area contributed by atoms with E-state index in [2.05, 4.69) is 20.4 Å². The van der Waals surface area contributed by atoms with Gasteiger partial charge in [-0.3, -0.25) is 4.90 Å². The second-order valence-corrected chi connectivity index (χ2v) is 8.79. The number of benzene rings is 2. The summed E-state index contributed by atoms with van der Waals surface area (Å²) in [7, 11) is 0. The van der Waals surface area contributed by atoms with E-state index in [4.69, 9.17) is 16.3 Å². The maximum Gasteiger partial charge on any atom is 0.319 e. The first-order chi connectivity index (χ1) is 15.5. The smallest absolute Gasteiger partial charge is 0.319 e. The van der Waals surface area contributed by atoms with E-state index in [0.29, 0.717) is 23.7 Å². The average molecular weight is 461 g/mol. The molecular weight excluding hydrogens is 431 g/mol. The molecule has 1 fully saturated rings. The number of halogens is 2. The Hall–Kier alpha value is -2.51. The van der Waals surface area contributed by atoms with Crippen molar-refractivity contribution in [3.05, 3.63) is 52.3 Å². The van der Waals surface area contributed by atoms with E-state index in [1.165, 1.54) is 6.07 Å². The van der Waals surface area contributed by atoms with Crippen molar-refractivity contribution in [1.82, 2.24) is 10.2 Å². The highest BCUT2D eigenvalue weighted by atomic mass is 35.5. The van der Waals surface area contributed by atoms with E-state index < -0.39 is 0 Å². The highest BCUT2D eigenvalue weighted by Crippen LogP contribution is 2.29. The number of carbonyl (C=O) groups excluding carboxylic acids is 1. The van der Waals surface area contributed by atoms with E-state index in [-0.39, 0.29) is 11.8 Å². The predicted molar refractivity (Wildman–Crippen MR) is 127 cm³/mol. The lowest BCUT2D eigenvalue weighted by atomic mass is 10.1. The largest absolute Gasteiger partial charge is 0.494 e. The molecule has 0 bridgehead atoms. The fourth-order valence-corrected chi connectivity index (χ4v) is 4.45. The zero-order valence-electron chi connectivity index (χ0n) is 18.4. The zero-order chi connectivity index (χ0) is 22.5. The number of hydrogen-bond acceptors (Lipinski definition) is 4. The summed E-state index contributed by atoms with van der Waals surface area (Å²) in [5.41, 5.74) is 3.49. The lowest BCUT2D eigenvalue weighted by Crippen LogP contribution is -2.46.